The number of fused-ring (bicyclic) bond motifs is 1. The average Bonchev–Trinajstić information content (AvgIpc) is 3.54. The fourth-order valence-electron chi connectivity index (χ4n) is 5.68. The maximum absolute atomic E-state index is 14.5. The molecule has 3 aromatic heterocycles. The number of carbonyl (C=O) groups excluding carboxylic acids is 3. The lowest BCUT2D eigenvalue weighted by atomic mass is 10.1. The first kappa shape index (κ1) is 36.2. The molecule has 2 saturated heterocycles. The molecule has 2 aliphatic rings. The highest BCUT2D eigenvalue weighted by Crippen LogP contribution is 2.38. The number of alkyl halides is 3. The molecule has 0 aliphatic carbocycles. The number of hydrogen-bond acceptors (Lipinski definition) is 12. The van der Waals surface area contributed by atoms with Gasteiger partial charge in [0.25, 0.3) is 11.8 Å². The molecule has 0 unspecified atom stereocenters. The zero-order chi connectivity index (χ0) is 37.2. The molecule has 4 aromatic rings. The van der Waals surface area contributed by atoms with Gasteiger partial charge in [0.15, 0.2) is 11.6 Å². The Bertz CT molecular complexity index is 1980. The number of aromatic nitrogens is 4. The SMILES string of the molecule is CN(C)CCNC(=O)Nc1cc(C(F)(F)F)c(-c2nc(N3CCOCC3)nc(N3CCN(C(=O)c4cc5cc(F)cc(C(N)=O)c5o4)CC3)n2)cn1. The van der Waals surface area contributed by atoms with E-state index in [1.54, 1.807) is 9.80 Å². The normalized spacial score (nSPS) is 15.3. The first-order chi connectivity index (χ1) is 24.8. The second-order valence-corrected chi connectivity index (χ2v) is 12.3. The lowest BCUT2D eigenvalue weighted by Gasteiger charge is -2.35. The lowest BCUT2D eigenvalue weighted by Crippen LogP contribution is -2.49. The Morgan fingerprint density at radius 3 is 2.25 bits per heavy atom. The van der Waals surface area contributed by atoms with E-state index in [-0.39, 0.29) is 78.6 Å². The van der Waals surface area contributed by atoms with E-state index in [1.165, 1.54) is 11.0 Å². The standard InChI is InChI=1S/C32H35F4N11O5/c1-44(2)4-3-38-31(50)40-24-16-22(32(34,35)36)21(17-39-24)27-41-29(43-30(42-27)47-9-11-51-12-10-47)46-7-5-45(6-8-46)28(49)23-14-18-13-19(33)15-20(26(37)48)25(18)52-23/h13-17H,3-12H2,1-2H3,(H2,37,48)(H2,38,39,40,50). The minimum atomic E-state index is -4.87. The molecule has 6 rings (SSSR count). The van der Waals surface area contributed by atoms with Crippen molar-refractivity contribution in [2.75, 3.05) is 94.8 Å². The number of piperazine rings is 1. The van der Waals surface area contributed by atoms with E-state index < -0.39 is 41.0 Å². The highest BCUT2D eigenvalue weighted by molar-refractivity contribution is 6.06. The van der Waals surface area contributed by atoms with Crippen molar-refractivity contribution in [3.8, 4) is 11.4 Å². The van der Waals surface area contributed by atoms with Crippen LogP contribution in [0.5, 0.6) is 0 Å². The monoisotopic (exact) mass is 729 g/mol. The Labute approximate surface area is 293 Å². The summed E-state index contributed by atoms with van der Waals surface area (Å²) in [5.74, 6) is -2.65. The van der Waals surface area contributed by atoms with Gasteiger partial charge in [0.05, 0.1) is 29.9 Å². The largest absolute Gasteiger partial charge is 0.450 e. The fourth-order valence-corrected chi connectivity index (χ4v) is 5.68. The van der Waals surface area contributed by atoms with Crippen LogP contribution >= 0.6 is 0 Å². The van der Waals surface area contributed by atoms with E-state index in [0.717, 1.165) is 24.4 Å². The van der Waals surface area contributed by atoms with E-state index in [0.29, 0.717) is 32.8 Å². The van der Waals surface area contributed by atoms with Crippen molar-refractivity contribution >= 4 is 46.5 Å². The van der Waals surface area contributed by atoms with Crippen LogP contribution in [0.25, 0.3) is 22.4 Å². The molecule has 16 nitrogen and oxygen atoms in total. The number of hydrogen-bond donors (Lipinski definition) is 3. The zero-order valence-electron chi connectivity index (χ0n) is 28.2. The number of morpholine rings is 1. The number of carbonyl (C=O) groups is 3. The Kier molecular flexibility index (Phi) is 10.4. The van der Waals surface area contributed by atoms with Crippen molar-refractivity contribution in [2.24, 2.45) is 5.73 Å². The Morgan fingerprint density at radius 2 is 1.62 bits per heavy atom. The van der Waals surface area contributed by atoms with Gasteiger partial charge in [-0.15, -0.1) is 0 Å². The number of benzene rings is 1. The Hall–Kier alpha value is -5.63. The number of rotatable bonds is 9. The van der Waals surface area contributed by atoms with Gasteiger partial charge >= 0.3 is 12.2 Å². The maximum atomic E-state index is 14.5. The number of halogens is 4. The van der Waals surface area contributed by atoms with Crippen LogP contribution in [0.3, 0.4) is 0 Å². The summed E-state index contributed by atoms with van der Waals surface area (Å²) in [6.45, 7) is 2.96. The first-order valence-electron chi connectivity index (χ1n) is 16.2. The van der Waals surface area contributed by atoms with Crippen LogP contribution in [-0.4, -0.2) is 127 Å². The zero-order valence-corrected chi connectivity index (χ0v) is 28.2. The number of nitrogens with two attached hydrogens (primary N) is 1. The number of primary amides is 1. The summed E-state index contributed by atoms with van der Waals surface area (Å²) in [5, 5.41) is 5.10. The summed E-state index contributed by atoms with van der Waals surface area (Å²) in [7, 11) is 3.62. The van der Waals surface area contributed by atoms with Gasteiger partial charge in [0.2, 0.25) is 11.9 Å². The van der Waals surface area contributed by atoms with Crippen LogP contribution in [0.4, 0.5) is 40.1 Å². The number of likely N-dealkylation sites (N-methyl/N-ethyl adjacent to an activating group) is 1. The van der Waals surface area contributed by atoms with Crippen molar-refractivity contribution in [3.05, 3.63) is 53.2 Å². The molecule has 2 fully saturated rings. The summed E-state index contributed by atoms with van der Waals surface area (Å²) in [4.78, 5) is 61.8. The molecule has 0 spiro atoms. The number of anilines is 3. The van der Waals surface area contributed by atoms with Gasteiger partial charge in [0, 0.05) is 63.9 Å². The molecule has 0 saturated carbocycles. The Balaban J connectivity index is 1.26. The van der Waals surface area contributed by atoms with E-state index in [4.69, 9.17) is 14.9 Å². The first-order valence-corrected chi connectivity index (χ1v) is 16.2. The van der Waals surface area contributed by atoms with Crippen LogP contribution in [-0.2, 0) is 10.9 Å². The minimum absolute atomic E-state index is 0.0101. The molecule has 5 heterocycles. The summed E-state index contributed by atoms with van der Waals surface area (Å²) in [5.41, 5.74) is 3.62. The van der Waals surface area contributed by atoms with Crippen LogP contribution in [0.1, 0.15) is 26.5 Å². The number of nitrogens with zero attached hydrogens (tertiary/aromatic N) is 8. The van der Waals surface area contributed by atoms with Crippen molar-refractivity contribution in [3.63, 3.8) is 0 Å². The predicted molar refractivity (Wildman–Crippen MR) is 179 cm³/mol. The minimum Gasteiger partial charge on any atom is -0.450 e. The van der Waals surface area contributed by atoms with Crippen LogP contribution in [0.15, 0.2) is 34.9 Å². The second kappa shape index (κ2) is 14.9. The maximum Gasteiger partial charge on any atom is 0.417 e. The van der Waals surface area contributed by atoms with Crippen molar-refractivity contribution in [2.45, 2.75) is 6.18 Å². The van der Waals surface area contributed by atoms with Gasteiger partial charge in [0.1, 0.15) is 17.2 Å². The predicted octanol–water partition coefficient (Wildman–Crippen LogP) is 2.42. The van der Waals surface area contributed by atoms with Gasteiger partial charge in [-0.1, -0.05) is 0 Å². The highest BCUT2D eigenvalue weighted by Gasteiger charge is 2.36. The topological polar surface area (TPSA) is 188 Å². The summed E-state index contributed by atoms with van der Waals surface area (Å²) in [6, 6.07) is 3.40. The van der Waals surface area contributed by atoms with E-state index in [1.807, 2.05) is 19.0 Å². The molecule has 20 heteroatoms. The molecule has 276 valence electrons. The van der Waals surface area contributed by atoms with Crippen LogP contribution < -0.4 is 26.2 Å². The molecule has 4 amide bonds. The molecular weight excluding hydrogens is 694 g/mol. The number of urea groups is 1. The van der Waals surface area contributed by atoms with Crippen molar-refractivity contribution < 1.29 is 41.1 Å². The third-order valence-electron chi connectivity index (χ3n) is 8.35. The number of nitrogens with one attached hydrogen (secondary N) is 2. The molecule has 1 aromatic carbocycles. The van der Waals surface area contributed by atoms with Gasteiger partial charge in [-0.3, -0.25) is 14.9 Å². The molecule has 4 N–H and O–H groups in total. The van der Waals surface area contributed by atoms with Crippen molar-refractivity contribution in [1.82, 2.24) is 35.1 Å². The third kappa shape index (κ3) is 8.12. The fraction of sp³-hybridized carbons (Fsp3) is 0.406. The molecule has 52 heavy (non-hydrogen) atoms. The molecule has 0 atom stereocenters. The molecule has 0 radical (unpaired) electrons. The quantitative estimate of drug-likeness (QED) is 0.214. The number of amides is 4. The van der Waals surface area contributed by atoms with Crippen molar-refractivity contribution in [1.29, 1.82) is 0 Å². The third-order valence-corrected chi connectivity index (χ3v) is 8.35. The van der Waals surface area contributed by atoms with Gasteiger partial charge in [-0.25, -0.2) is 14.2 Å². The van der Waals surface area contributed by atoms with E-state index in [9.17, 15) is 31.9 Å². The number of ether oxygens (including phenoxy) is 1. The number of pyridine rings is 1. The summed E-state index contributed by atoms with van der Waals surface area (Å²) in [6.07, 6.45) is -3.91. The smallest absolute Gasteiger partial charge is 0.417 e. The van der Waals surface area contributed by atoms with Gasteiger partial charge in [-0.05, 0) is 38.4 Å². The van der Waals surface area contributed by atoms with Crippen LogP contribution in [0, 0.1) is 5.82 Å². The highest BCUT2D eigenvalue weighted by atomic mass is 19.4. The lowest BCUT2D eigenvalue weighted by molar-refractivity contribution is -0.137. The summed E-state index contributed by atoms with van der Waals surface area (Å²) >= 11 is 0. The molecular formula is C32H35F4N11O5. The summed E-state index contributed by atoms with van der Waals surface area (Å²) < 4.78 is 68.6. The van der Waals surface area contributed by atoms with Gasteiger partial charge in [-0.2, -0.15) is 28.1 Å². The second-order valence-electron chi connectivity index (χ2n) is 12.3. The molecule has 0 bridgehead atoms. The van der Waals surface area contributed by atoms with Crippen LogP contribution in [0.2, 0.25) is 0 Å². The van der Waals surface area contributed by atoms with E-state index in [2.05, 4.69) is 30.6 Å². The van der Waals surface area contributed by atoms with E-state index >= 15 is 0 Å². The average molecular weight is 730 g/mol. The van der Waals surface area contributed by atoms with Gasteiger partial charge < -0.3 is 39.8 Å². The molecule has 2 aliphatic heterocycles. The Morgan fingerprint density at radius 1 is 0.942 bits per heavy atom. The number of furan rings is 1.